The highest BCUT2D eigenvalue weighted by Crippen LogP contribution is 2.62. The normalized spacial score (nSPS) is 12.9. The van der Waals surface area contributed by atoms with Crippen molar-refractivity contribution in [3.8, 4) is 23.5 Å². The van der Waals surface area contributed by atoms with Crippen LogP contribution in [-0.4, -0.2) is 41.5 Å². The first kappa shape index (κ1) is 23.1. The molecular formula is C19H27N2O7P. The Morgan fingerprint density at radius 3 is 1.93 bits per heavy atom. The van der Waals surface area contributed by atoms with Gasteiger partial charge in [0.15, 0.2) is 5.85 Å². The number of ether oxygens (including phenoxy) is 3. The zero-order valence-electron chi connectivity index (χ0n) is 17.4. The third kappa shape index (κ3) is 6.14. The van der Waals surface area contributed by atoms with E-state index in [2.05, 4.69) is 9.97 Å². The second kappa shape index (κ2) is 10.0. The highest BCUT2D eigenvalue weighted by molar-refractivity contribution is 7.54. The van der Waals surface area contributed by atoms with Crippen LogP contribution in [0.5, 0.6) is 23.5 Å². The van der Waals surface area contributed by atoms with E-state index in [-0.39, 0.29) is 29.1 Å². The molecule has 1 heterocycles. The number of methoxy groups -OCH3 is 2. The number of aliphatic hydroxyl groups is 1. The quantitative estimate of drug-likeness (QED) is 0.555. The van der Waals surface area contributed by atoms with E-state index in [0.717, 1.165) is 0 Å². The Labute approximate surface area is 170 Å². The van der Waals surface area contributed by atoms with E-state index >= 15 is 0 Å². The van der Waals surface area contributed by atoms with Crippen LogP contribution in [0.3, 0.4) is 0 Å². The fourth-order valence-corrected chi connectivity index (χ4v) is 4.43. The molecule has 1 atom stereocenters. The molecule has 0 bridgehead atoms. The minimum absolute atomic E-state index is 0.0646. The maximum Gasteiger partial charge on any atom is 0.364 e. The van der Waals surface area contributed by atoms with E-state index < -0.39 is 25.6 Å². The molecule has 0 saturated carbocycles. The summed E-state index contributed by atoms with van der Waals surface area (Å²) in [6.45, 7) is 6.84. The van der Waals surface area contributed by atoms with Gasteiger partial charge in [-0.25, -0.2) is 0 Å². The first-order chi connectivity index (χ1) is 13.7. The molecule has 0 fully saturated rings. The number of para-hydroxylation sites is 1. The SMILES string of the molecule is COc1cc(OC)nc(Oc2ccccc2C(O)P(=O)(OC(C)C)OC(C)C)n1. The van der Waals surface area contributed by atoms with Gasteiger partial charge in [-0.1, -0.05) is 18.2 Å². The smallest absolute Gasteiger partial charge is 0.364 e. The van der Waals surface area contributed by atoms with Crippen LogP contribution in [0.25, 0.3) is 0 Å². The van der Waals surface area contributed by atoms with E-state index in [1.807, 2.05) is 0 Å². The van der Waals surface area contributed by atoms with Gasteiger partial charge in [-0.3, -0.25) is 4.57 Å². The second-order valence-corrected chi connectivity index (χ2v) is 8.59. The van der Waals surface area contributed by atoms with E-state index in [9.17, 15) is 9.67 Å². The molecule has 0 saturated heterocycles. The zero-order valence-corrected chi connectivity index (χ0v) is 18.3. The van der Waals surface area contributed by atoms with Crippen molar-refractivity contribution in [2.45, 2.75) is 45.7 Å². The molecule has 2 aromatic rings. The van der Waals surface area contributed by atoms with Crippen molar-refractivity contribution in [3.63, 3.8) is 0 Å². The van der Waals surface area contributed by atoms with Crippen LogP contribution in [0.4, 0.5) is 0 Å². The summed E-state index contributed by atoms with van der Waals surface area (Å²) in [7, 11) is -1.02. The van der Waals surface area contributed by atoms with Crippen molar-refractivity contribution in [3.05, 3.63) is 35.9 Å². The van der Waals surface area contributed by atoms with Crippen LogP contribution in [0.15, 0.2) is 30.3 Å². The summed E-state index contributed by atoms with van der Waals surface area (Å²) in [4.78, 5) is 8.21. The molecule has 1 aromatic heterocycles. The van der Waals surface area contributed by atoms with Gasteiger partial charge in [0.05, 0.1) is 32.5 Å². The van der Waals surface area contributed by atoms with E-state index in [0.29, 0.717) is 0 Å². The first-order valence-electron chi connectivity index (χ1n) is 9.07. The topological polar surface area (TPSA) is 109 Å². The Hall–Kier alpha value is -2.19. The van der Waals surface area contributed by atoms with Crippen molar-refractivity contribution in [1.29, 1.82) is 0 Å². The molecule has 160 valence electrons. The average molecular weight is 426 g/mol. The number of hydrogen-bond donors (Lipinski definition) is 1. The van der Waals surface area contributed by atoms with Crippen molar-refractivity contribution in [2.24, 2.45) is 0 Å². The maximum absolute atomic E-state index is 13.3. The van der Waals surface area contributed by atoms with E-state index in [1.165, 1.54) is 20.3 Å². The van der Waals surface area contributed by atoms with Gasteiger partial charge in [0.2, 0.25) is 11.8 Å². The molecule has 29 heavy (non-hydrogen) atoms. The fourth-order valence-electron chi connectivity index (χ4n) is 2.42. The molecule has 0 amide bonds. The minimum atomic E-state index is -3.92. The van der Waals surface area contributed by atoms with Gasteiger partial charge in [-0.2, -0.15) is 9.97 Å². The van der Waals surface area contributed by atoms with Crippen LogP contribution in [0.1, 0.15) is 39.1 Å². The van der Waals surface area contributed by atoms with Crippen LogP contribution >= 0.6 is 7.60 Å². The van der Waals surface area contributed by atoms with Crippen LogP contribution < -0.4 is 14.2 Å². The van der Waals surface area contributed by atoms with Crippen molar-refractivity contribution in [1.82, 2.24) is 9.97 Å². The molecule has 0 spiro atoms. The lowest BCUT2D eigenvalue weighted by Crippen LogP contribution is -2.14. The summed E-state index contributed by atoms with van der Waals surface area (Å²) < 4.78 is 40.3. The summed E-state index contributed by atoms with van der Waals surface area (Å²) in [5.41, 5.74) is 0.211. The highest BCUT2D eigenvalue weighted by atomic mass is 31.2. The minimum Gasteiger partial charge on any atom is -0.481 e. The lowest BCUT2D eigenvalue weighted by molar-refractivity contribution is 0.100. The summed E-state index contributed by atoms with van der Waals surface area (Å²) in [6, 6.07) is 7.95. The number of aliphatic hydroxyl groups excluding tert-OH is 1. The standard InChI is InChI=1S/C19H27N2O7P/c1-12(2)27-29(23,28-13(3)4)18(22)14-9-7-8-10-15(14)26-19-20-16(24-5)11-17(21-19)25-6/h7-13,18,22H,1-6H3. The predicted octanol–water partition coefficient (Wildman–Crippen LogP) is 4.32. The van der Waals surface area contributed by atoms with Gasteiger partial charge >= 0.3 is 13.6 Å². The Morgan fingerprint density at radius 1 is 0.931 bits per heavy atom. The predicted molar refractivity (Wildman–Crippen MR) is 107 cm³/mol. The molecule has 1 aromatic carbocycles. The Bertz CT molecular complexity index is 824. The van der Waals surface area contributed by atoms with Crippen molar-refractivity contribution >= 4 is 7.60 Å². The van der Waals surface area contributed by atoms with Gasteiger partial charge in [0.1, 0.15) is 5.75 Å². The maximum atomic E-state index is 13.3. The molecule has 10 heteroatoms. The van der Waals surface area contributed by atoms with Gasteiger partial charge < -0.3 is 28.4 Å². The molecule has 1 unspecified atom stereocenters. The Balaban J connectivity index is 2.42. The van der Waals surface area contributed by atoms with Crippen LogP contribution in [0.2, 0.25) is 0 Å². The summed E-state index contributed by atoms with van der Waals surface area (Å²) >= 11 is 0. The third-order valence-corrected chi connectivity index (χ3v) is 5.80. The molecular weight excluding hydrogens is 399 g/mol. The largest absolute Gasteiger partial charge is 0.481 e. The van der Waals surface area contributed by atoms with Gasteiger partial charge in [-0.15, -0.1) is 0 Å². The van der Waals surface area contributed by atoms with Crippen molar-refractivity contribution < 1.29 is 32.9 Å². The fraction of sp³-hybridized carbons (Fsp3) is 0.474. The number of benzene rings is 1. The molecule has 0 aliphatic carbocycles. The third-order valence-electron chi connectivity index (χ3n) is 3.49. The van der Waals surface area contributed by atoms with Gasteiger partial charge in [0, 0.05) is 5.56 Å². The molecule has 0 aliphatic rings. The van der Waals surface area contributed by atoms with E-state index in [4.69, 9.17) is 23.3 Å². The number of aromatic nitrogens is 2. The number of rotatable bonds is 10. The average Bonchev–Trinajstić information content (AvgIpc) is 2.66. The molecule has 0 radical (unpaired) electrons. The monoisotopic (exact) mass is 426 g/mol. The lowest BCUT2D eigenvalue weighted by Gasteiger charge is -2.27. The molecule has 9 nitrogen and oxygen atoms in total. The van der Waals surface area contributed by atoms with Crippen molar-refractivity contribution in [2.75, 3.05) is 14.2 Å². The zero-order chi connectivity index (χ0) is 21.6. The second-order valence-electron chi connectivity index (χ2n) is 6.60. The Kier molecular flexibility index (Phi) is 7.98. The summed E-state index contributed by atoms with van der Waals surface area (Å²) in [6.07, 6.45) is -0.846. The summed E-state index contributed by atoms with van der Waals surface area (Å²) in [5.74, 6) is -0.907. The lowest BCUT2D eigenvalue weighted by atomic mass is 10.2. The van der Waals surface area contributed by atoms with Gasteiger partial charge in [0.25, 0.3) is 0 Å². The van der Waals surface area contributed by atoms with Gasteiger partial charge in [-0.05, 0) is 33.8 Å². The first-order valence-corrected chi connectivity index (χ1v) is 10.7. The molecule has 2 rings (SSSR count). The van der Waals surface area contributed by atoms with Crippen LogP contribution in [0, 0.1) is 0 Å². The van der Waals surface area contributed by atoms with Crippen LogP contribution in [-0.2, 0) is 13.6 Å². The molecule has 1 N–H and O–H groups in total. The van der Waals surface area contributed by atoms with E-state index in [1.54, 1.807) is 52.0 Å². The highest BCUT2D eigenvalue weighted by Gasteiger charge is 2.39. The summed E-state index contributed by atoms with van der Waals surface area (Å²) in [5, 5.41) is 10.9. The number of nitrogens with zero attached hydrogens (tertiary/aromatic N) is 2. The number of hydrogen-bond acceptors (Lipinski definition) is 9. The Morgan fingerprint density at radius 2 is 1.45 bits per heavy atom. The molecule has 0 aliphatic heterocycles.